The van der Waals surface area contributed by atoms with Gasteiger partial charge in [-0.05, 0) is 24.3 Å². The Morgan fingerprint density at radius 3 is 3.00 bits per heavy atom. The predicted molar refractivity (Wildman–Crippen MR) is 79.1 cm³/mol. The van der Waals surface area contributed by atoms with Gasteiger partial charge in [0.2, 0.25) is 5.91 Å². The molecular formula is C17H14N2O2. The van der Waals surface area contributed by atoms with E-state index in [0.717, 1.165) is 11.3 Å². The van der Waals surface area contributed by atoms with Crippen LogP contribution in [0.1, 0.15) is 23.5 Å². The third-order valence-electron chi connectivity index (χ3n) is 3.51. The van der Waals surface area contributed by atoms with E-state index in [4.69, 9.17) is 10.00 Å². The number of nitrogens with zero attached hydrogens (tertiary/aromatic N) is 1. The first-order chi connectivity index (χ1) is 10.3. The maximum Gasteiger partial charge on any atom is 0.225 e. The van der Waals surface area contributed by atoms with E-state index in [1.807, 2.05) is 24.3 Å². The van der Waals surface area contributed by atoms with Gasteiger partial charge in [0.1, 0.15) is 5.75 Å². The van der Waals surface area contributed by atoms with Crippen LogP contribution in [0.5, 0.6) is 5.75 Å². The Morgan fingerprint density at radius 1 is 1.29 bits per heavy atom. The molecule has 1 aliphatic rings. The molecular weight excluding hydrogens is 264 g/mol. The fourth-order valence-corrected chi connectivity index (χ4v) is 2.50. The van der Waals surface area contributed by atoms with Gasteiger partial charge in [-0.1, -0.05) is 24.3 Å². The maximum absolute atomic E-state index is 12.1. The van der Waals surface area contributed by atoms with Crippen molar-refractivity contribution in [1.29, 1.82) is 5.26 Å². The standard InChI is InChI=1S/C17H14N2O2/c18-10-12-4-3-5-14(8-12)19-17(20)9-13-11-21-16-7-2-1-6-15(13)16/h1-8,13H,9,11H2,(H,19,20). The predicted octanol–water partition coefficient (Wildman–Crippen LogP) is 3.06. The lowest BCUT2D eigenvalue weighted by molar-refractivity contribution is -0.116. The van der Waals surface area contributed by atoms with E-state index in [1.165, 1.54) is 0 Å². The fraction of sp³-hybridized carbons (Fsp3) is 0.176. The molecule has 2 aromatic carbocycles. The van der Waals surface area contributed by atoms with Crippen LogP contribution in [0.15, 0.2) is 48.5 Å². The molecule has 4 nitrogen and oxygen atoms in total. The van der Waals surface area contributed by atoms with Gasteiger partial charge in [0.15, 0.2) is 0 Å². The van der Waals surface area contributed by atoms with Crippen molar-refractivity contribution in [2.24, 2.45) is 0 Å². The number of carbonyl (C=O) groups excluding carboxylic acids is 1. The molecule has 1 N–H and O–H groups in total. The smallest absolute Gasteiger partial charge is 0.225 e. The minimum Gasteiger partial charge on any atom is -0.493 e. The number of rotatable bonds is 3. The van der Waals surface area contributed by atoms with E-state index in [0.29, 0.717) is 24.3 Å². The Labute approximate surface area is 123 Å². The highest BCUT2D eigenvalue weighted by molar-refractivity contribution is 5.91. The molecule has 3 rings (SSSR count). The summed E-state index contributed by atoms with van der Waals surface area (Å²) in [6, 6.07) is 16.7. The third kappa shape index (κ3) is 2.87. The number of benzene rings is 2. The third-order valence-corrected chi connectivity index (χ3v) is 3.51. The minimum atomic E-state index is -0.0737. The number of para-hydroxylation sites is 1. The number of fused-ring (bicyclic) bond motifs is 1. The van der Waals surface area contributed by atoms with E-state index in [-0.39, 0.29) is 11.8 Å². The van der Waals surface area contributed by atoms with Crippen molar-refractivity contribution >= 4 is 11.6 Å². The van der Waals surface area contributed by atoms with Gasteiger partial charge in [-0.15, -0.1) is 0 Å². The van der Waals surface area contributed by atoms with Crippen molar-refractivity contribution in [3.8, 4) is 11.8 Å². The first-order valence-electron chi connectivity index (χ1n) is 6.78. The van der Waals surface area contributed by atoms with Gasteiger partial charge in [0, 0.05) is 23.6 Å². The number of anilines is 1. The van der Waals surface area contributed by atoms with Crippen molar-refractivity contribution in [3.63, 3.8) is 0 Å². The van der Waals surface area contributed by atoms with Gasteiger partial charge in [-0.25, -0.2) is 0 Å². The van der Waals surface area contributed by atoms with E-state index >= 15 is 0 Å². The summed E-state index contributed by atoms with van der Waals surface area (Å²) in [5, 5.41) is 11.7. The summed E-state index contributed by atoms with van der Waals surface area (Å²) in [6.45, 7) is 0.533. The molecule has 0 radical (unpaired) electrons. The van der Waals surface area contributed by atoms with E-state index in [1.54, 1.807) is 24.3 Å². The summed E-state index contributed by atoms with van der Waals surface area (Å²) >= 11 is 0. The van der Waals surface area contributed by atoms with Crippen molar-refractivity contribution in [2.75, 3.05) is 11.9 Å². The first-order valence-corrected chi connectivity index (χ1v) is 6.78. The number of hydrogen-bond donors (Lipinski definition) is 1. The number of amides is 1. The molecule has 0 spiro atoms. The minimum absolute atomic E-state index is 0.0737. The van der Waals surface area contributed by atoms with Crippen molar-refractivity contribution < 1.29 is 9.53 Å². The van der Waals surface area contributed by atoms with Crippen LogP contribution in [0.4, 0.5) is 5.69 Å². The molecule has 0 fully saturated rings. The topological polar surface area (TPSA) is 62.1 Å². The lowest BCUT2D eigenvalue weighted by Gasteiger charge is -2.09. The Hall–Kier alpha value is -2.80. The van der Waals surface area contributed by atoms with Gasteiger partial charge >= 0.3 is 0 Å². The van der Waals surface area contributed by atoms with E-state index < -0.39 is 0 Å². The average Bonchev–Trinajstić information content (AvgIpc) is 2.91. The molecule has 1 aliphatic heterocycles. The monoisotopic (exact) mass is 278 g/mol. The molecule has 1 atom stereocenters. The van der Waals surface area contributed by atoms with Crippen LogP contribution in [-0.2, 0) is 4.79 Å². The van der Waals surface area contributed by atoms with Crippen molar-refractivity contribution in [2.45, 2.75) is 12.3 Å². The Morgan fingerprint density at radius 2 is 2.14 bits per heavy atom. The van der Waals surface area contributed by atoms with Gasteiger partial charge in [0.25, 0.3) is 0 Å². The molecule has 0 aromatic heterocycles. The Bertz CT molecular complexity index is 719. The highest BCUT2D eigenvalue weighted by atomic mass is 16.5. The summed E-state index contributed by atoms with van der Waals surface area (Å²) < 4.78 is 5.58. The van der Waals surface area contributed by atoms with Crippen LogP contribution in [0.3, 0.4) is 0 Å². The molecule has 1 amide bonds. The van der Waals surface area contributed by atoms with Gasteiger partial charge in [-0.3, -0.25) is 4.79 Å². The average molecular weight is 278 g/mol. The molecule has 0 saturated carbocycles. The molecule has 0 aliphatic carbocycles. The number of nitriles is 1. The normalized spacial score (nSPS) is 15.7. The summed E-state index contributed by atoms with van der Waals surface area (Å²) in [5.41, 5.74) is 2.26. The first kappa shape index (κ1) is 13.2. The van der Waals surface area contributed by atoms with Crippen LogP contribution < -0.4 is 10.1 Å². The molecule has 104 valence electrons. The Kier molecular flexibility index (Phi) is 3.57. The molecule has 0 bridgehead atoms. The Balaban J connectivity index is 1.66. The number of ether oxygens (including phenoxy) is 1. The van der Waals surface area contributed by atoms with Gasteiger partial charge in [0.05, 0.1) is 18.2 Å². The second-order valence-electron chi connectivity index (χ2n) is 4.99. The van der Waals surface area contributed by atoms with Crippen LogP contribution in [0.2, 0.25) is 0 Å². The lowest BCUT2D eigenvalue weighted by atomic mass is 9.97. The quantitative estimate of drug-likeness (QED) is 0.938. The zero-order valence-corrected chi connectivity index (χ0v) is 11.4. The molecule has 4 heteroatoms. The lowest BCUT2D eigenvalue weighted by Crippen LogP contribution is -2.16. The van der Waals surface area contributed by atoms with Gasteiger partial charge < -0.3 is 10.1 Å². The van der Waals surface area contributed by atoms with Crippen LogP contribution in [0.25, 0.3) is 0 Å². The van der Waals surface area contributed by atoms with Crippen LogP contribution in [-0.4, -0.2) is 12.5 Å². The highest BCUT2D eigenvalue weighted by Crippen LogP contribution is 2.35. The van der Waals surface area contributed by atoms with Crippen molar-refractivity contribution in [3.05, 3.63) is 59.7 Å². The van der Waals surface area contributed by atoms with E-state index in [9.17, 15) is 4.79 Å². The zero-order chi connectivity index (χ0) is 14.7. The molecule has 2 aromatic rings. The van der Waals surface area contributed by atoms with Crippen molar-refractivity contribution in [1.82, 2.24) is 0 Å². The number of nitrogens with one attached hydrogen (secondary N) is 1. The molecule has 21 heavy (non-hydrogen) atoms. The zero-order valence-electron chi connectivity index (χ0n) is 11.4. The van der Waals surface area contributed by atoms with Gasteiger partial charge in [-0.2, -0.15) is 5.26 Å². The van der Waals surface area contributed by atoms with Crippen LogP contribution in [0, 0.1) is 11.3 Å². The second-order valence-corrected chi connectivity index (χ2v) is 4.99. The summed E-state index contributed by atoms with van der Waals surface area (Å²) in [4.78, 5) is 12.1. The molecule has 0 saturated heterocycles. The largest absolute Gasteiger partial charge is 0.493 e. The highest BCUT2D eigenvalue weighted by Gasteiger charge is 2.25. The second kappa shape index (κ2) is 5.68. The summed E-state index contributed by atoms with van der Waals surface area (Å²) in [6.07, 6.45) is 0.369. The fourth-order valence-electron chi connectivity index (χ4n) is 2.50. The SMILES string of the molecule is N#Cc1cccc(NC(=O)CC2COc3ccccc32)c1. The summed E-state index contributed by atoms with van der Waals surface area (Å²) in [7, 11) is 0. The number of carbonyl (C=O) groups is 1. The van der Waals surface area contributed by atoms with Crippen LogP contribution >= 0.6 is 0 Å². The molecule has 1 unspecified atom stereocenters. The molecule has 1 heterocycles. The summed E-state index contributed by atoms with van der Waals surface area (Å²) in [5.74, 6) is 0.873. The van der Waals surface area contributed by atoms with E-state index in [2.05, 4.69) is 11.4 Å². The number of hydrogen-bond acceptors (Lipinski definition) is 3. The maximum atomic E-state index is 12.1.